The molecule has 1 heterocycles. The van der Waals surface area contributed by atoms with Gasteiger partial charge in [0.25, 0.3) is 0 Å². The number of nitrogen functional groups attached to an aromatic ring is 1. The Morgan fingerprint density at radius 1 is 1.57 bits per heavy atom. The van der Waals surface area contributed by atoms with Crippen molar-refractivity contribution in [1.29, 1.82) is 0 Å². The van der Waals surface area contributed by atoms with E-state index in [2.05, 4.69) is 10.2 Å². The van der Waals surface area contributed by atoms with Crippen LogP contribution >= 0.6 is 0 Å². The highest BCUT2D eigenvalue weighted by Crippen LogP contribution is 2.38. The lowest BCUT2D eigenvalue weighted by Gasteiger charge is -2.40. The van der Waals surface area contributed by atoms with Gasteiger partial charge >= 0.3 is 0 Å². The predicted octanol–water partition coefficient (Wildman–Crippen LogP) is 1.41. The molecule has 14 heavy (non-hydrogen) atoms. The van der Waals surface area contributed by atoms with Crippen LogP contribution in [0.4, 0.5) is 5.82 Å². The molecule has 4 nitrogen and oxygen atoms in total. The SMILES string of the molecule is COC1(Cc2[nH]nc(N)c2C)CCC1. The second-order valence-corrected chi connectivity index (χ2v) is 4.13. The lowest BCUT2D eigenvalue weighted by atomic mass is 9.76. The Morgan fingerprint density at radius 3 is 2.64 bits per heavy atom. The van der Waals surface area contributed by atoms with Gasteiger partial charge in [-0.1, -0.05) is 0 Å². The number of aromatic amines is 1. The first-order valence-corrected chi connectivity index (χ1v) is 5.01. The van der Waals surface area contributed by atoms with Crippen molar-refractivity contribution in [2.75, 3.05) is 12.8 Å². The van der Waals surface area contributed by atoms with Crippen molar-refractivity contribution in [3.8, 4) is 0 Å². The molecule has 2 rings (SSSR count). The van der Waals surface area contributed by atoms with Crippen LogP contribution in [0.1, 0.15) is 30.5 Å². The van der Waals surface area contributed by atoms with E-state index in [9.17, 15) is 0 Å². The summed E-state index contributed by atoms with van der Waals surface area (Å²) in [4.78, 5) is 0. The molecule has 1 aromatic rings. The Bertz CT molecular complexity index is 323. The van der Waals surface area contributed by atoms with Gasteiger partial charge in [-0.15, -0.1) is 0 Å². The van der Waals surface area contributed by atoms with Gasteiger partial charge in [-0.3, -0.25) is 5.10 Å². The van der Waals surface area contributed by atoms with Crippen LogP contribution in [-0.4, -0.2) is 22.9 Å². The van der Waals surface area contributed by atoms with E-state index in [0.717, 1.165) is 30.5 Å². The molecule has 1 saturated carbocycles. The van der Waals surface area contributed by atoms with E-state index in [4.69, 9.17) is 10.5 Å². The van der Waals surface area contributed by atoms with Crippen LogP contribution < -0.4 is 5.73 Å². The number of aromatic nitrogens is 2. The van der Waals surface area contributed by atoms with Gasteiger partial charge < -0.3 is 10.5 Å². The molecule has 3 N–H and O–H groups in total. The second kappa shape index (κ2) is 3.28. The van der Waals surface area contributed by atoms with E-state index in [-0.39, 0.29) is 5.60 Å². The number of nitrogens with two attached hydrogens (primary N) is 1. The Labute approximate surface area is 83.8 Å². The Kier molecular flexibility index (Phi) is 2.23. The summed E-state index contributed by atoms with van der Waals surface area (Å²) in [6, 6.07) is 0. The van der Waals surface area contributed by atoms with E-state index in [1.807, 2.05) is 6.92 Å². The predicted molar refractivity (Wildman–Crippen MR) is 55.0 cm³/mol. The molecular weight excluding hydrogens is 178 g/mol. The molecule has 78 valence electrons. The van der Waals surface area contributed by atoms with Crippen LogP contribution in [0.2, 0.25) is 0 Å². The van der Waals surface area contributed by atoms with Crippen molar-refractivity contribution in [3.63, 3.8) is 0 Å². The first-order chi connectivity index (χ1) is 6.67. The van der Waals surface area contributed by atoms with Crippen molar-refractivity contribution in [3.05, 3.63) is 11.3 Å². The molecule has 0 unspecified atom stereocenters. The first kappa shape index (κ1) is 9.52. The molecule has 1 fully saturated rings. The fourth-order valence-corrected chi connectivity index (χ4v) is 1.97. The smallest absolute Gasteiger partial charge is 0.148 e. The maximum Gasteiger partial charge on any atom is 0.148 e. The summed E-state index contributed by atoms with van der Waals surface area (Å²) >= 11 is 0. The fraction of sp³-hybridized carbons (Fsp3) is 0.700. The maximum absolute atomic E-state index is 5.68. The summed E-state index contributed by atoms with van der Waals surface area (Å²) in [6.07, 6.45) is 4.44. The summed E-state index contributed by atoms with van der Waals surface area (Å²) in [5, 5.41) is 6.97. The van der Waals surface area contributed by atoms with E-state index >= 15 is 0 Å². The van der Waals surface area contributed by atoms with Crippen molar-refractivity contribution in [2.45, 2.75) is 38.2 Å². The van der Waals surface area contributed by atoms with Crippen LogP contribution in [-0.2, 0) is 11.2 Å². The molecule has 1 aliphatic rings. The maximum atomic E-state index is 5.68. The number of hydrogen-bond acceptors (Lipinski definition) is 3. The van der Waals surface area contributed by atoms with Crippen molar-refractivity contribution in [1.82, 2.24) is 10.2 Å². The third-order valence-corrected chi connectivity index (χ3v) is 3.34. The zero-order valence-electron chi connectivity index (χ0n) is 8.76. The van der Waals surface area contributed by atoms with Gasteiger partial charge in [0.15, 0.2) is 0 Å². The van der Waals surface area contributed by atoms with Gasteiger partial charge in [0.05, 0.1) is 5.60 Å². The van der Waals surface area contributed by atoms with Gasteiger partial charge in [0, 0.05) is 24.8 Å². The molecule has 0 aliphatic heterocycles. The van der Waals surface area contributed by atoms with Gasteiger partial charge in [-0.2, -0.15) is 5.10 Å². The number of hydrogen-bond donors (Lipinski definition) is 2. The minimum absolute atomic E-state index is 0.0454. The van der Waals surface area contributed by atoms with E-state index in [0.29, 0.717) is 5.82 Å². The summed E-state index contributed by atoms with van der Waals surface area (Å²) in [6.45, 7) is 2.00. The minimum atomic E-state index is 0.0454. The molecule has 0 bridgehead atoms. The van der Waals surface area contributed by atoms with Gasteiger partial charge in [0.1, 0.15) is 5.82 Å². The quantitative estimate of drug-likeness (QED) is 0.766. The van der Waals surface area contributed by atoms with Crippen LogP contribution in [0.5, 0.6) is 0 Å². The number of nitrogens with zero attached hydrogens (tertiary/aromatic N) is 1. The Morgan fingerprint density at radius 2 is 2.29 bits per heavy atom. The minimum Gasteiger partial charge on any atom is -0.382 e. The number of rotatable bonds is 3. The highest BCUT2D eigenvalue weighted by Gasteiger charge is 2.37. The van der Waals surface area contributed by atoms with Crippen molar-refractivity contribution >= 4 is 5.82 Å². The Hall–Kier alpha value is -1.03. The summed E-state index contributed by atoms with van der Waals surface area (Å²) in [5.41, 5.74) is 7.90. The van der Waals surface area contributed by atoms with Gasteiger partial charge in [-0.05, 0) is 26.2 Å². The molecule has 1 aliphatic carbocycles. The lowest BCUT2D eigenvalue weighted by Crippen LogP contribution is -2.41. The normalized spacial score (nSPS) is 19.3. The van der Waals surface area contributed by atoms with Gasteiger partial charge in [0.2, 0.25) is 0 Å². The van der Waals surface area contributed by atoms with Crippen LogP contribution in [0.15, 0.2) is 0 Å². The molecule has 0 spiro atoms. The highest BCUT2D eigenvalue weighted by molar-refractivity contribution is 5.41. The molecular formula is C10H17N3O. The molecule has 0 saturated heterocycles. The largest absolute Gasteiger partial charge is 0.382 e. The number of ether oxygens (including phenoxy) is 1. The zero-order chi connectivity index (χ0) is 10.2. The molecule has 0 radical (unpaired) electrons. The van der Waals surface area contributed by atoms with E-state index in [1.165, 1.54) is 6.42 Å². The first-order valence-electron chi connectivity index (χ1n) is 5.01. The van der Waals surface area contributed by atoms with Crippen LogP contribution in [0.25, 0.3) is 0 Å². The molecule has 0 aromatic carbocycles. The molecule has 0 atom stereocenters. The standard InChI is InChI=1S/C10H17N3O/c1-7-8(12-13-9(7)11)6-10(14-2)4-3-5-10/h3-6H2,1-2H3,(H3,11,12,13). The highest BCUT2D eigenvalue weighted by atomic mass is 16.5. The Balaban J connectivity index is 2.13. The summed E-state index contributed by atoms with van der Waals surface area (Å²) in [7, 11) is 1.79. The van der Waals surface area contributed by atoms with Crippen LogP contribution in [0.3, 0.4) is 0 Å². The summed E-state index contributed by atoms with van der Waals surface area (Å²) in [5.74, 6) is 0.602. The number of H-pyrrole nitrogens is 1. The van der Waals surface area contributed by atoms with Crippen LogP contribution in [0, 0.1) is 6.92 Å². The molecule has 1 aromatic heterocycles. The number of methoxy groups -OCH3 is 1. The lowest BCUT2D eigenvalue weighted by molar-refractivity contribution is -0.0715. The number of anilines is 1. The third-order valence-electron chi connectivity index (χ3n) is 3.34. The zero-order valence-corrected chi connectivity index (χ0v) is 8.76. The topological polar surface area (TPSA) is 63.9 Å². The van der Waals surface area contributed by atoms with Crippen molar-refractivity contribution in [2.24, 2.45) is 0 Å². The third kappa shape index (κ3) is 1.39. The van der Waals surface area contributed by atoms with Gasteiger partial charge in [-0.25, -0.2) is 0 Å². The van der Waals surface area contributed by atoms with E-state index in [1.54, 1.807) is 7.11 Å². The fourth-order valence-electron chi connectivity index (χ4n) is 1.97. The second-order valence-electron chi connectivity index (χ2n) is 4.13. The average Bonchev–Trinajstić information content (AvgIpc) is 2.42. The van der Waals surface area contributed by atoms with Crippen molar-refractivity contribution < 1.29 is 4.74 Å². The molecule has 4 heteroatoms. The number of nitrogens with one attached hydrogen (secondary N) is 1. The summed E-state index contributed by atoms with van der Waals surface area (Å²) < 4.78 is 5.55. The monoisotopic (exact) mass is 195 g/mol. The van der Waals surface area contributed by atoms with E-state index < -0.39 is 0 Å². The average molecular weight is 195 g/mol. The molecule has 0 amide bonds.